The number of rotatable bonds is 4. The molecule has 0 fully saturated rings. The Hall–Kier alpha value is -2.87. The van der Waals surface area contributed by atoms with Crippen molar-refractivity contribution < 1.29 is 9.53 Å². The van der Waals surface area contributed by atoms with E-state index in [-0.39, 0.29) is 5.78 Å². The highest BCUT2D eigenvalue weighted by molar-refractivity contribution is 6.10. The van der Waals surface area contributed by atoms with E-state index in [0.717, 1.165) is 5.75 Å². The number of carbonyl (C=O) groups excluding carboxylic acids is 1. The third-order valence-electron chi connectivity index (χ3n) is 3.42. The molecule has 2 heteroatoms. The van der Waals surface area contributed by atoms with Crippen molar-refractivity contribution in [1.82, 2.24) is 0 Å². The first-order valence-corrected chi connectivity index (χ1v) is 7.17. The van der Waals surface area contributed by atoms with Crippen LogP contribution in [-0.2, 0) is 0 Å². The van der Waals surface area contributed by atoms with Crippen LogP contribution in [0.15, 0.2) is 78.9 Å². The van der Waals surface area contributed by atoms with E-state index >= 15 is 0 Å². The summed E-state index contributed by atoms with van der Waals surface area (Å²) >= 11 is 0. The van der Waals surface area contributed by atoms with Gasteiger partial charge in [-0.1, -0.05) is 60.2 Å². The Morgan fingerprint density at radius 2 is 1.41 bits per heavy atom. The third kappa shape index (κ3) is 3.07. The molecule has 2 nitrogen and oxygen atoms in total. The normalized spacial score (nSPS) is 10.2. The molecule has 0 aliphatic heterocycles. The summed E-state index contributed by atoms with van der Waals surface area (Å²) in [5, 5.41) is 0. The van der Waals surface area contributed by atoms with Crippen LogP contribution in [0, 0.1) is 6.92 Å². The predicted molar refractivity (Wildman–Crippen MR) is 87.6 cm³/mol. The molecule has 3 aromatic rings. The summed E-state index contributed by atoms with van der Waals surface area (Å²) in [5.41, 5.74) is 2.39. The van der Waals surface area contributed by atoms with Crippen molar-refractivity contribution in [2.24, 2.45) is 0 Å². The summed E-state index contributed by atoms with van der Waals surface area (Å²) < 4.78 is 5.89. The first-order valence-electron chi connectivity index (χ1n) is 7.17. The van der Waals surface area contributed by atoms with E-state index < -0.39 is 0 Å². The van der Waals surface area contributed by atoms with Gasteiger partial charge in [0, 0.05) is 5.56 Å². The van der Waals surface area contributed by atoms with Gasteiger partial charge in [0.05, 0.1) is 5.56 Å². The molecule has 22 heavy (non-hydrogen) atoms. The zero-order valence-corrected chi connectivity index (χ0v) is 12.3. The third-order valence-corrected chi connectivity index (χ3v) is 3.42. The van der Waals surface area contributed by atoms with Crippen LogP contribution in [0.4, 0.5) is 0 Å². The number of hydrogen-bond acceptors (Lipinski definition) is 2. The van der Waals surface area contributed by atoms with E-state index in [4.69, 9.17) is 4.74 Å². The van der Waals surface area contributed by atoms with Gasteiger partial charge < -0.3 is 4.74 Å². The van der Waals surface area contributed by atoms with Crippen molar-refractivity contribution >= 4 is 5.78 Å². The summed E-state index contributed by atoms with van der Waals surface area (Å²) in [6.45, 7) is 2.02. The van der Waals surface area contributed by atoms with Crippen molar-refractivity contribution in [3.8, 4) is 11.5 Å². The molecule has 0 radical (unpaired) electrons. The predicted octanol–water partition coefficient (Wildman–Crippen LogP) is 5.02. The molecule has 108 valence electrons. The van der Waals surface area contributed by atoms with Gasteiger partial charge in [-0.05, 0) is 31.2 Å². The molecule has 0 N–H and O–H groups in total. The van der Waals surface area contributed by atoms with Gasteiger partial charge >= 0.3 is 0 Å². The Morgan fingerprint density at radius 3 is 2.14 bits per heavy atom. The van der Waals surface area contributed by atoms with E-state index in [9.17, 15) is 4.79 Å². The highest BCUT2D eigenvalue weighted by Crippen LogP contribution is 2.27. The topological polar surface area (TPSA) is 26.3 Å². The number of hydrogen-bond donors (Lipinski definition) is 0. The van der Waals surface area contributed by atoms with Gasteiger partial charge in [0.25, 0.3) is 0 Å². The Bertz CT molecular complexity index is 774. The molecule has 0 unspecified atom stereocenters. The fourth-order valence-corrected chi connectivity index (χ4v) is 2.22. The average molecular weight is 288 g/mol. The summed E-state index contributed by atoms with van der Waals surface area (Å²) in [6, 6.07) is 24.3. The lowest BCUT2D eigenvalue weighted by Crippen LogP contribution is -2.03. The van der Waals surface area contributed by atoms with E-state index in [0.29, 0.717) is 16.9 Å². The van der Waals surface area contributed by atoms with E-state index in [1.807, 2.05) is 79.7 Å². The Kier molecular flexibility index (Phi) is 4.01. The first kappa shape index (κ1) is 14.1. The number of ketones is 1. The molecular formula is C20H16O2. The van der Waals surface area contributed by atoms with Gasteiger partial charge in [-0.15, -0.1) is 0 Å². The molecular weight excluding hydrogens is 272 g/mol. The van der Waals surface area contributed by atoms with Crippen LogP contribution in [0.25, 0.3) is 0 Å². The molecule has 0 aliphatic rings. The SMILES string of the molecule is Cc1ccc(Oc2ccccc2C(=O)c2ccccc2)cc1. The fraction of sp³-hybridized carbons (Fsp3) is 0.0500. The lowest BCUT2D eigenvalue weighted by atomic mass is 10.0. The summed E-state index contributed by atoms with van der Waals surface area (Å²) in [7, 11) is 0. The van der Waals surface area contributed by atoms with Crippen LogP contribution < -0.4 is 4.74 Å². The minimum atomic E-state index is -0.0386. The highest BCUT2D eigenvalue weighted by atomic mass is 16.5. The van der Waals surface area contributed by atoms with Crippen molar-refractivity contribution in [2.75, 3.05) is 0 Å². The molecule has 0 heterocycles. The molecule has 0 amide bonds. The fourth-order valence-electron chi connectivity index (χ4n) is 2.22. The van der Waals surface area contributed by atoms with E-state index in [1.165, 1.54) is 5.56 Å². The van der Waals surface area contributed by atoms with Gasteiger partial charge in [0.15, 0.2) is 5.78 Å². The minimum Gasteiger partial charge on any atom is -0.457 e. The second kappa shape index (κ2) is 6.27. The second-order valence-electron chi connectivity index (χ2n) is 5.11. The molecule has 3 rings (SSSR count). The number of para-hydroxylation sites is 1. The van der Waals surface area contributed by atoms with Gasteiger partial charge in [0.2, 0.25) is 0 Å². The minimum absolute atomic E-state index is 0.0386. The van der Waals surface area contributed by atoms with Crippen LogP contribution in [0.3, 0.4) is 0 Å². The molecule has 0 saturated carbocycles. The number of ether oxygens (including phenoxy) is 1. The largest absolute Gasteiger partial charge is 0.457 e. The van der Waals surface area contributed by atoms with Crippen molar-refractivity contribution in [3.63, 3.8) is 0 Å². The molecule has 0 aliphatic carbocycles. The standard InChI is InChI=1S/C20H16O2/c1-15-11-13-17(14-12-15)22-19-10-6-5-9-18(19)20(21)16-7-3-2-4-8-16/h2-14H,1H3. The maximum Gasteiger partial charge on any atom is 0.196 e. The summed E-state index contributed by atoms with van der Waals surface area (Å²) in [5.74, 6) is 1.25. The van der Waals surface area contributed by atoms with Gasteiger partial charge in [-0.2, -0.15) is 0 Å². The summed E-state index contributed by atoms with van der Waals surface area (Å²) in [6.07, 6.45) is 0. The van der Waals surface area contributed by atoms with Crippen molar-refractivity contribution in [3.05, 3.63) is 95.6 Å². The van der Waals surface area contributed by atoms with Crippen LogP contribution in [0.2, 0.25) is 0 Å². The molecule has 3 aromatic carbocycles. The molecule has 0 bridgehead atoms. The maximum atomic E-state index is 12.6. The Morgan fingerprint density at radius 1 is 0.773 bits per heavy atom. The van der Waals surface area contributed by atoms with Gasteiger partial charge in [-0.25, -0.2) is 0 Å². The molecule has 0 saturated heterocycles. The Balaban J connectivity index is 1.93. The lowest BCUT2D eigenvalue weighted by Gasteiger charge is -2.10. The first-order chi connectivity index (χ1) is 10.7. The Labute approximate surface area is 130 Å². The lowest BCUT2D eigenvalue weighted by molar-refractivity contribution is 0.103. The molecule has 0 spiro atoms. The van der Waals surface area contributed by atoms with Gasteiger partial charge in [0.1, 0.15) is 11.5 Å². The maximum absolute atomic E-state index is 12.6. The van der Waals surface area contributed by atoms with Crippen LogP contribution in [-0.4, -0.2) is 5.78 Å². The van der Waals surface area contributed by atoms with E-state index in [2.05, 4.69) is 0 Å². The van der Waals surface area contributed by atoms with Gasteiger partial charge in [-0.3, -0.25) is 4.79 Å². The van der Waals surface area contributed by atoms with Crippen LogP contribution >= 0.6 is 0 Å². The number of carbonyl (C=O) groups is 1. The second-order valence-corrected chi connectivity index (χ2v) is 5.11. The summed E-state index contributed by atoms with van der Waals surface area (Å²) in [4.78, 5) is 12.6. The van der Waals surface area contributed by atoms with Crippen LogP contribution in [0.1, 0.15) is 21.5 Å². The zero-order chi connectivity index (χ0) is 15.4. The smallest absolute Gasteiger partial charge is 0.196 e. The van der Waals surface area contributed by atoms with Crippen LogP contribution in [0.5, 0.6) is 11.5 Å². The number of benzene rings is 3. The zero-order valence-electron chi connectivity index (χ0n) is 12.3. The quantitative estimate of drug-likeness (QED) is 0.630. The monoisotopic (exact) mass is 288 g/mol. The van der Waals surface area contributed by atoms with E-state index in [1.54, 1.807) is 6.07 Å². The van der Waals surface area contributed by atoms with Crippen molar-refractivity contribution in [1.29, 1.82) is 0 Å². The molecule has 0 aromatic heterocycles. The average Bonchev–Trinajstić information content (AvgIpc) is 2.58. The number of aryl methyl sites for hydroxylation is 1. The van der Waals surface area contributed by atoms with Crippen molar-refractivity contribution in [2.45, 2.75) is 6.92 Å². The highest BCUT2D eigenvalue weighted by Gasteiger charge is 2.14. The molecule has 0 atom stereocenters.